The Balaban J connectivity index is 1.83. The van der Waals surface area contributed by atoms with Crippen LogP contribution in [0.25, 0.3) is 0 Å². The first-order valence-electron chi connectivity index (χ1n) is 11.2. The van der Waals surface area contributed by atoms with Crippen LogP contribution in [0.5, 0.6) is 5.75 Å². The van der Waals surface area contributed by atoms with Crippen LogP contribution in [0.3, 0.4) is 0 Å². The van der Waals surface area contributed by atoms with E-state index in [9.17, 15) is 24.8 Å². The lowest BCUT2D eigenvalue weighted by molar-refractivity contribution is -0.385. The third-order valence-electron chi connectivity index (χ3n) is 5.99. The number of amides is 1. The van der Waals surface area contributed by atoms with Gasteiger partial charge in [0.15, 0.2) is 0 Å². The highest BCUT2D eigenvalue weighted by Crippen LogP contribution is 2.47. The highest BCUT2D eigenvalue weighted by molar-refractivity contribution is 9.10. The minimum Gasteiger partial charge on any atom is -0.490 e. The molecule has 3 aromatic carbocycles. The average molecular weight is 554 g/mol. The molecule has 9 nitrogen and oxygen atoms in total. The SMILES string of the molecule is CC(C)Oc1cc([N+](=O)[O-])ccc1C1NC(c2ccc(C(=O)O)cc2)C(c2ccc(Br)cc2)N1C=O. The lowest BCUT2D eigenvalue weighted by Gasteiger charge is -2.28. The molecule has 1 heterocycles. The summed E-state index contributed by atoms with van der Waals surface area (Å²) in [5, 5.41) is 24.2. The lowest BCUT2D eigenvalue weighted by atomic mass is 9.93. The molecule has 0 bridgehead atoms. The monoisotopic (exact) mass is 553 g/mol. The summed E-state index contributed by atoms with van der Waals surface area (Å²) >= 11 is 3.44. The molecular weight excluding hydrogens is 530 g/mol. The summed E-state index contributed by atoms with van der Waals surface area (Å²) in [4.78, 5) is 36.4. The number of nitrogens with one attached hydrogen (secondary N) is 1. The maximum Gasteiger partial charge on any atom is 0.335 e. The van der Waals surface area contributed by atoms with Gasteiger partial charge < -0.3 is 14.7 Å². The average Bonchev–Trinajstić information content (AvgIpc) is 3.23. The zero-order chi connectivity index (χ0) is 26.0. The van der Waals surface area contributed by atoms with Crippen LogP contribution >= 0.6 is 15.9 Å². The first-order valence-corrected chi connectivity index (χ1v) is 12.0. The number of carboxylic acid groups (broad SMARTS) is 1. The molecule has 0 aliphatic carbocycles. The van der Waals surface area contributed by atoms with E-state index in [0.717, 1.165) is 22.0 Å². The minimum absolute atomic E-state index is 0.115. The van der Waals surface area contributed by atoms with Crippen LogP contribution in [-0.2, 0) is 4.79 Å². The Hall–Kier alpha value is -3.76. The molecule has 1 saturated heterocycles. The summed E-state index contributed by atoms with van der Waals surface area (Å²) in [6.07, 6.45) is -0.162. The van der Waals surface area contributed by atoms with Gasteiger partial charge in [0.05, 0.1) is 34.7 Å². The van der Waals surface area contributed by atoms with E-state index in [1.54, 1.807) is 23.1 Å². The molecule has 36 heavy (non-hydrogen) atoms. The Labute approximate surface area is 216 Å². The van der Waals surface area contributed by atoms with E-state index in [0.29, 0.717) is 11.3 Å². The Bertz CT molecular complexity index is 1280. The van der Waals surface area contributed by atoms with Crippen molar-refractivity contribution in [3.63, 3.8) is 0 Å². The Morgan fingerprint density at radius 2 is 1.75 bits per heavy atom. The molecule has 0 radical (unpaired) electrons. The molecule has 3 atom stereocenters. The summed E-state index contributed by atoms with van der Waals surface area (Å²) in [6, 6.07) is 17.6. The van der Waals surface area contributed by atoms with Crippen molar-refractivity contribution in [2.75, 3.05) is 0 Å². The zero-order valence-corrected chi connectivity index (χ0v) is 21.1. The van der Waals surface area contributed by atoms with E-state index in [1.165, 1.54) is 24.3 Å². The van der Waals surface area contributed by atoms with Gasteiger partial charge >= 0.3 is 5.97 Å². The predicted molar refractivity (Wildman–Crippen MR) is 136 cm³/mol. The van der Waals surface area contributed by atoms with Gasteiger partial charge in [-0.25, -0.2) is 4.79 Å². The second-order valence-electron chi connectivity index (χ2n) is 8.67. The number of carboxylic acids is 1. The highest BCUT2D eigenvalue weighted by Gasteiger charge is 2.43. The van der Waals surface area contributed by atoms with Crippen LogP contribution in [0.4, 0.5) is 5.69 Å². The normalized spacial score (nSPS) is 19.3. The van der Waals surface area contributed by atoms with Gasteiger partial charge in [-0.2, -0.15) is 0 Å². The second kappa shape index (κ2) is 10.5. The van der Waals surface area contributed by atoms with Crippen molar-refractivity contribution in [1.29, 1.82) is 0 Å². The number of halogens is 1. The van der Waals surface area contributed by atoms with Crippen LogP contribution in [0.15, 0.2) is 71.2 Å². The van der Waals surface area contributed by atoms with Gasteiger partial charge in [0.2, 0.25) is 6.41 Å². The zero-order valence-electron chi connectivity index (χ0n) is 19.5. The summed E-state index contributed by atoms with van der Waals surface area (Å²) in [6.45, 7) is 3.64. The molecule has 186 valence electrons. The fourth-order valence-electron chi connectivity index (χ4n) is 4.41. The lowest BCUT2D eigenvalue weighted by Crippen LogP contribution is -2.28. The molecule has 4 rings (SSSR count). The molecule has 0 saturated carbocycles. The van der Waals surface area contributed by atoms with E-state index >= 15 is 0 Å². The van der Waals surface area contributed by atoms with Gasteiger partial charge in [0.1, 0.15) is 11.9 Å². The van der Waals surface area contributed by atoms with Gasteiger partial charge in [-0.3, -0.25) is 20.2 Å². The Kier molecular flexibility index (Phi) is 7.37. The maximum absolute atomic E-state index is 12.5. The molecule has 0 spiro atoms. The highest BCUT2D eigenvalue weighted by atomic mass is 79.9. The van der Waals surface area contributed by atoms with Crippen LogP contribution < -0.4 is 10.1 Å². The van der Waals surface area contributed by atoms with Crippen molar-refractivity contribution in [3.05, 3.63) is 104 Å². The standard InChI is InChI=1S/C26H24BrN3O6/c1-15(2)36-22-13-20(30(34)35)11-12-21(22)25-28-23(16-3-5-18(6-4-16)26(32)33)24(29(25)14-31)17-7-9-19(27)10-8-17/h3-15,23-25,28H,1-2H3,(H,32,33). The molecule has 1 fully saturated rings. The Morgan fingerprint density at radius 1 is 1.11 bits per heavy atom. The number of aromatic carboxylic acids is 1. The number of nitro groups is 1. The number of rotatable bonds is 8. The summed E-state index contributed by atoms with van der Waals surface area (Å²) < 4.78 is 6.81. The van der Waals surface area contributed by atoms with Gasteiger partial charge in [-0.1, -0.05) is 40.2 Å². The van der Waals surface area contributed by atoms with Gasteiger partial charge in [-0.15, -0.1) is 0 Å². The number of hydrogen-bond donors (Lipinski definition) is 2. The molecule has 0 aromatic heterocycles. The summed E-state index contributed by atoms with van der Waals surface area (Å²) in [5.74, 6) is -0.723. The van der Waals surface area contributed by atoms with Crippen molar-refractivity contribution in [2.45, 2.75) is 38.2 Å². The quantitative estimate of drug-likeness (QED) is 0.218. The third-order valence-corrected chi connectivity index (χ3v) is 6.52. The molecule has 2 N–H and O–H groups in total. The van der Waals surface area contributed by atoms with E-state index in [4.69, 9.17) is 4.74 Å². The van der Waals surface area contributed by atoms with Crippen LogP contribution in [0.2, 0.25) is 0 Å². The largest absolute Gasteiger partial charge is 0.490 e. The van der Waals surface area contributed by atoms with E-state index in [2.05, 4.69) is 21.2 Å². The van der Waals surface area contributed by atoms with Gasteiger partial charge in [0.25, 0.3) is 5.69 Å². The smallest absolute Gasteiger partial charge is 0.335 e. The van der Waals surface area contributed by atoms with Crippen molar-refractivity contribution < 1.29 is 24.4 Å². The van der Waals surface area contributed by atoms with Gasteiger partial charge in [-0.05, 0) is 55.3 Å². The predicted octanol–water partition coefficient (Wildman–Crippen LogP) is 5.39. The molecular formula is C26H24BrN3O6. The van der Waals surface area contributed by atoms with Crippen LogP contribution in [-0.4, -0.2) is 33.4 Å². The first kappa shape index (κ1) is 25.3. The van der Waals surface area contributed by atoms with Crippen molar-refractivity contribution in [2.24, 2.45) is 0 Å². The number of benzene rings is 3. The number of hydrogen-bond acceptors (Lipinski definition) is 6. The number of nitrogens with zero attached hydrogens (tertiary/aromatic N) is 2. The molecule has 3 unspecified atom stereocenters. The van der Waals surface area contributed by atoms with E-state index < -0.39 is 29.1 Å². The second-order valence-corrected chi connectivity index (χ2v) is 9.58. The number of non-ortho nitro benzene ring substituents is 1. The fraction of sp³-hybridized carbons (Fsp3) is 0.231. The number of carbonyl (C=O) groups excluding carboxylic acids is 1. The molecule has 3 aromatic rings. The molecule has 1 aliphatic heterocycles. The van der Waals surface area contributed by atoms with Crippen LogP contribution in [0, 0.1) is 10.1 Å². The van der Waals surface area contributed by atoms with Crippen molar-refractivity contribution in [1.82, 2.24) is 10.2 Å². The molecule has 10 heteroatoms. The van der Waals surface area contributed by atoms with E-state index in [-0.39, 0.29) is 17.4 Å². The summed E-state index contributed by atoms with van der Waals surface area (Å²) in [5.41, 5.74) is 2.27. The number of ether oxygens (including phenoxy) is 1. The third kappa shape index (κ3) is 5.09. The molecule has 1 amide bonds. The van der Waals surface area contributed by atoms with Crippen LogP contribution in [0.1, 0.15) is 59.1 Å². The molecule has 1 aliphatic rings. The number of carbonyl (C=O) groups is 2. The first-order chi connectivity index (χ1) is 17.2. The topological polar surface area (TPSA) is 122 Å². The van der Waals surface area contributed by atoms with Crippen molar-refractivity contribution >= 4 is 34.0 Å². The fourth-order valence-corrected chi connectivity index (χ4v) is 4.68. The summed E-state index contributed by atoms with van der Waals surface area (Å²) in [7, 11) is 0. The Morgan fingerprint density at radius 3 is 2.31 bits per heavy atom. The van der Waals surface area contributed by atoms with E-state index in [1.807, 2.05) is 38.1 Å². The van der Waals surface area contributed by atoms with Gasteiger partial charge in [0, 0.05) is 16.1 Å². The minimum atomic E-state index is -1.03. The maximum atomic E-state index is 12.5. The van der Waals surface area contributed by atoms with Crippen molar-refractivity contribution in [3.8, 4) is 5.75 Å². The number of nitro benzene ring substituents is 1.